The summed E-state index contributed by atoms with van der Waals surface area (Å²) in [5.41, 5.74) is 2.13. The first-order valence-corrected chi connectivity index (χ1v) is 11.3. The summed E-state index contributed by atoms with van der Waals surface area (Å²) in [6.07, 6.45) is 4.07. The number of carbonyl (C=O) groups excluding carboxylic acids is 1. The van der Waals surface area contributed by atoms with Crippen LogP contribution in [0, 0.1) is 0 Å². The molecule has 1 aliphatic rings. The van der Waals surface area contributed by atoms with Crippen molar-refractivity contribution in [2.75, 3.05) is 36.2 Å². The van der Waals surface area contributed by atoms with E-state index in [1.807, 2.05) is 4.40 Å². The van der Waals surface area contributed by atoms with Gasteiger partial charge in [0.2, 0.25) is 5.91 Å². The Labute approximate surface area is 180 Å². The maximum Gasteiger partial charge on any atom is 0.234 e. The number of amides is 1. The zero-order valence-corrected chi connectivity index (χ0v) is 17.9. The fourth-order valence-electron chi connectivity index (χ4n) is 3.33. The topological polar surface area (TPSA) is 97.5 Å². The summed E-state index contributed by atoms with van der Waals surface area (Å²) in [5.74, 6) is 0.837. The average Bonchev–Trinajstić information content (AvgIpc) is 3.51. The summed E-state index contributed by atoms with van der Waals surface area (Å²) in [5, 5.41) is 13.1. The molecule has 1 aliphatic heterocycles. The Kier molecular flexibility index (Phi) is 5.13. The molecule has 0 unspecified atom stereocenters. The van der Waals surface area contributed by atoms with Crippen LogP contribution < -0.4 is 15.0 Å². The second-order valence-electron chi connectivity index (χ2n) is 6.83. The van der Waals surface area contributed by atoms with E-state index in [4.69, 9.17) is 4.74 Å². The van der Waals surface area contributed by atoms with E-state index in [2.05, 4.69) is 30.4 Å². The maximum absolute atomic E-state index is 12.3. The molecule has 0 spiro atoms. The van der Waals surface area contributed by atoms with E-state index in [1.165, 1.54) is 24.6 Å². The van der Waals surface area contributed by atoms with Crippen molar-refractivity contribution in [1.29, 1.82) is 0 Å². The lowest BCUT2D eigenvalue weighted by atomic mass is 10.3. The molecular weight excluding hydrogens is 422 g/mol. The molecule has 1 aromatic carbocycles. The molecular formula is C19H19N7O2S2. The number of hydrogen-bond acceptors (Lipinski definition) is 9. The molecule has 0 saturated carbocycles. The minimum absolute atomic E-state index is 0.120. The number of aromatic nitrogens is 5. The van der Waals surface area contributed by atoms with Crippen LogP contribution in [0.25, 0.3) is 16.0 Å². The summed E-state index contributed by atoms with van der Waals surface area (Å²) in [7, 11) is 1.61. The van der Waals surface area contributed by atoms with Gasteiger partial charge in [-0.1, -0.05) is 23.1 Å². The number of methoxy groups -OCH3 is 1. The third-order valence-corrected chi connectivity index (χ3v) is 6.89. The standard InChI is InChI=1S/C19H19N7O2S2/c1-28-13-6-4-12(5-7-13)21-14(27)10-29-19-24-23-17-15-16(20-11-26(17)19)22-18(30-15)25-8-2-3-9-25/h4-7,11H,2-3,8-10H2,1H3,(H,21,27). The minimum Gasteiger partial charge on any atom is -0.497 e. The molecule has 11 heteroatoms. The first-order chi connectivity index (χ1) is 14.7. The van der Waals surface area contributed by atoms with Crippen LogP contribution in [0.4, 0.5) is 10.8 Å². The van der Waals surface area contributed by atoms with E-state index in [9.17, 15) is 4.79 Å². The quantitative estimate of drug-likeness (QED) is 0.456. The van der Waals surface area contributed by atoms with Crippen molar-refractivity contribution in [2.45, 2.75) is 18.0 Å². The van der Waals surface area contributed by atoms with E-state index in [0.717, 1.165) is 40.0 Å². The number of anilines is 2. The van der Waals surface area contributed by atoms with Crippen LogP contribution in [0.15, 0.2) is 35.7 Å². The highest BCUT2D eigenvalue weighted by atomic mass is 32.2. The molecule has 3 aromatic heterocycles. The molecule has 1 fully saturated rings. The summed E-state index contributed by atoms with van der Waals surface area (Å²) in [6.45, 7) is 2.07. The maximum atomic E-state index is 12.3. The van der Waals surface area contributed by atoms with E-state index in [0.29, 0.717) is 10.8 Å². The van der Waals surface area contributed by atoms with Crippen LogP contribution in [-0.2, 0) is 4.79 Å². The lowest BCUT2D eigenvalue weighted by Crippen LogP contribution is -2.16. The minimum atomic E-state index is -0.120. The van der Waals surface area contributed by atoms with Crippen LogP contribution in [0.2, 0.25) is 0 Å². The predicted molar refractivity (Wildman–Crippen MR) is 118 cm³/mol. The van der Waals surface area contributed by atoms with Crippen molar-refractivity contribution in [3.05, 3.63) is 30.6 Å². The molecule has 5 rings (SSSR count). The molecule has 9 nitrogen and oxygen atoms in total. The van der Waals surface area contributed by atoms with Gasteiger partial charge in [-0.3, -0.25) is 9.20 Å². The molecule has 1 saturated heterocycles. The van der Waals surface area contributed by atoms with Gasteiger partial charge in [-0.25, -0.2) is 4.98 Å². The van der Waals surface area contributed by atoms with Gasteiger partial charge >= 0.3 is 0 Å². The zero-order chi connectivity index (χ0) is 20.5. The largest absolute Gasteiger partial charge is 0.497 e. The first-order valence-electron chi connectivity index (χ1n) is 9.53. The van der Waals surface area contributed by atoms with Crippen molar-refractivity contribution in [2.24, 2.45) is 0 Å². The monoisotopic (exact) mass is 441 g/mol. The Balaban J connectivity index is 1.30. The van der Waals surface area contributed by atoms with Crippen molar-refractivity contribution >= 4 is 55.8 Å². The number of ether oxygens (including phenoxy) is 1. The number of fused-ring (bicyclic) bond motifs is 3. The van der Waals surface area contributed by atoms with E-state index >= 15 is 0 Å². The second kappa shape index (κ2) is 8.07. The molecule has 154 valence electrons. The van der Waals surface area contributed by atoms with Crippen LogP contribution in [0.1, 0.15) is 12.8 Å². The van der Waals surface area contributed by atoms with Crippen LogP contribution in [0.3, 0.4) is 0 Å². The molecule has 1 amide bonds. The Bertz CT molecular complexity index is 1200. The highest BCUT2D eigenvalue weighted by Gasteiger charge is 2.20. The molecule has 30 heavy (non-hydrogen) atoms. The lowest BCUT2D eigenvalue weighted by Gasteiger charge is -2.11. The number of hydrogen-bond donors (Lipinski definition) is 1. The Morgan fingerprint density at radius 1 is 1.23 bits per heavy atom. The van der Waals surface area contributed by atoms with Crippen LogP contribution in [-0.4, -0.2) is 56.4 Å². The van der Waals surface area contributed by atoms with Gasteiger partial charge in [0.1, 0.15) is 16.8 Å². The SMILES string of the molecule is COc1ccc(NC(=O)CSc2nnc3c4sc(N5CCCC5)nc4ncn23)cc1. The fraction of sp³-hybridized carbons (Fsp3) is 0.316. The second-order valence-corrected chi connectivity index (χ2v) is 8.75. The van der Waals surface area contributed by atoms with Gasteiger partial charge in [-0.15, -0.1) is 10.2 Å². The molecule has 0 radical (unpaired) electrons. The van der Waals surface area contributed by atoms with Gasteiger partial charge in [0.15, 0.2) is 21.6 Å². The summed E-state index contributed by atoms with van der Waals surface area (Å²) in [6, 6.07) is 7.21. The lowest BCUT2D eigenvalue weighted by molar-refractivity contribution is -0.113. The van der Waals surface area contributed by atoms with Crippen molar-refractivity contribution in [3.63, 3.8) is 0 Å². The highest BCUT2D eigenvalue weighted by Crippen LogP contribution is 2.32. The van der Waals surface area contributed by atoms with Gasteiger partial charge in [-0.2, -0.15) is 4.98 Å². The van der Waals surface area contributed by atoms with Crippen molar-refractivity contribution in [1.82, 2.24) is 24.6 Å². The number of nitrogens with one attached hydrogen (secondary N) is 1. The van der Waals surface area contributed by atoms with Crippen LogP contribution >= 0.6 is 23.1 Å². The summed E-state index contributed by atoms with van der Waals surface area (Å²) in [4.78, 5) is 23.7. The van der Waals surface area contributed by atoms with Gasteiger partial charge in [0.25, 0.3) is 0 Å². The molecule has 0 bridgehead atoms. The number of nitrogens with zero attached hydrogens (tertiary/aromatic N) is 6. The normalized spacial score (nSPS) is 14.0. The molecule has 4 heterocycles. The number of thiazole rings is 1. The molecule has 1 N–H and O–H groups in total. The molecule has 4 aromatic rings. The number of rotatable bonds is 6. The highest BCUT2D eigenvalue weighted by molar-refractivity contribution is 7.99. The smallest absolute Gasteiger partial charge is 0.234 e. The first kappa shape index (κ1) is 19.1. The Morgan fingerprint density at radius 2 is 2.03 bits per heavy atom. The van der Waals surface area contributed by atoms with Crippen molar-refractivity contribution < 1.29 is 9.53 Å². The Morgan fingerprint density at radius 3 is 2.80 bits per heavy atom. The third kappa shape index (κ3) is 3.65. The third-order valence-electron chi connectivity index (χ3n) is 4.84. The van der Waals surface area contributed by atoms with E-state index in [1.54, 1.807) is 49.0 Å². The molecule has 0 aliphatic carbocycles. The van der Waals surface area contributed by atoms with Gasteiger partial charge in [0, 0.05) is 18.8 Å². The fourth-order valence-corrected chi connectivity index (χ4v) is 5.08. The van der Waals surface area contributed by atoms with Crippen molar-refractivity contribution in [3.8, 4) is 5.75 Å². The average molecular weight is 442 g/mol. The van der Waals surface area contributed by atoms with E-state index in [-0.39, 0.29) is 11.7 Å². The van der Waals surface area contributed by atoms with Crippen LogP contribution in [0.5, 0.6) is 5.75 Å². The Hall–Kier alpha value is -2.92. The number of carbonyl (C=O) groups is 1. The van der Waals surface area contributed by atoms with E-state index < -0.39 is 0 Å². The number of thioether (sulfide) groups is 1. The molecule has 0 atom stereocenters. The zero-order valence-electron chi connectivity index (χ0n) is 16.2. The number of benzene rings is 1. The van der Waals surface area contributed by atoms with Gasteiger partial charge in [0.05, 0.1) is 12.9 Å². The summed E-state index contributed by atoms with van der Waals surface area (Å²) >= 11 is 2.92. The predicted octanol–water partition coefficient (Wildman–Crippen LogP) is 3.07. The summed E-state index contributed by atoms with van der Waals surface area (Å²) < 4.78 is 7.86. The van der Waals surface area contributed by atoms with Gasteiger partial charge < -0.3 is 15.0 Å². The van der Waals surface area contributed by atoms with Gasteiger partial charge in [-0.05, 0) is 37.1 Å².